The molecule has 0 radical (unpaired) electrons. The van der Waals surface area contributed by atoms with E-state index in [-0.39, 0.29) is 10.8 Å². The average Bonchev–Trinajstić information content (AvgIpc) is 3.21. The maximum absolute atomic E-state index is 12.6. The number of unbranched alkanes of at least 4 members (excludes halogenated alkanes) is 1. The van der Waals surface area contributed by atoms with Crippen molar-refractivity contribution in [3.8, 4) is 0 Å². The number of amides is 1. The van der Waals surface area contributed by atoms with Gasteiger partial charge in [0, 0.05) is 44.0 Å². The molecule has 0 bridgehead atoms. The Morgan fingerprint density at radius 2 is 2.00 bits per heavy atom. The van der Waals surface area contributed by atoms with Gasteiger partial charge in [-0.05, 0) is 32.3 Å². The summed E-state index contributed by atoms with van der Waals surface area (Å²) in [4.78, 5) is 17.0. The molecule has 0 aliphatic heterocycles. The van der Waals surface area contributed by atoms with E-state index < -0.39 is 10.0 Å². The van der Waals surface area contributed by atoms with Crippen molar-refractivity contribution in [3.05, 3.63) is 34.0 Å². The van der Waals surface area contributed by atoms with Gasteiger partial charge in [0.15, 0.2) is 0 Å². The summed E-state index contributed by atoms with van der Waals surface area (Å²) in [6.07, 6.45) is 4.19. The number of hydrogen-bond acceptors (Lipinski definition) is 5. The molecule has 27 heavy (non-hydrogen) atoms. The van der Waals surface area contributed by atoms with E-state index in [1.165, 1.54) is 16.6 Å². The summed E-state index contributed by atoms with van der Waals surface area (Å²) in [7, 11) is -1.89. The minimum atomic E-state index is -3.57. The zero-order chi connectivity index (χ0) is 20.0. The molecule has 2 aromatic heterocycles. The van der Waals surface area contributed by atoms with Gasteiger partial charge in [-0.2, -0.15) is 4.31 Å². The molecule has 0 aliphatic rings. The summed E-state index contributed by atoms with van der Waals surface area (Å²) >= 11 is 1.66. The lowest BCUT2D eigenvalue weighted by molar-refractivity contribution is 0.0945. The highest BCUT2D eigenvalue weighted by Crippen LogP contribution is 2.18. The summed E-state index contributed by atoms with van der Waals surface area (Å²) in [6, 6.07) is 1.45. The van der Waals surface area contributed by atoms with Gasteiger partial charge in [-0.1, -0.05) is 13.8 Å². The Labute approximate surface area is 165 Å². The second-order valence-corrected chi connectivity index (χ2v) is 9.24. The van der Waals surface area contributed by atoms with Gasteiger partial charge >= 0.3 is 0 Å². The van der Waals surface area contributed by atoms with Gasteiger partial charge in [0.2, 0.25) is 10.0 Å². The van der Waals surface area contributed by atoms with Crippen LogP contribution in [0.3, 0.4) is 0 Å². The predicted octanol–water partition coefficient (Wildman–Crippen LogP) is 2.57. The molecule has 0 saturated heterocycles. The number of carbonyl (C=O) groups is 1. The van der Waals surface area contributed by atoms with Gasteiger partial charge in [-0.25, -0.2) is 13.4 Å². The van der Waals surface area contributed by atoms with E-state index in [9.17, 15) is 13.2 Å². The predicted molar refractivity (Wildman–Crippen MR) is 108 cm³/mol. The molecule has 2 heterocycles. The summed E-state index contributed by atoms with van der Waals surface area (Å²) in [6.45, 7) is 6.91. The highest BCUT2D eigenvalue weighted by molar-refractivity contribution is 7.89. The average molecular weight is 413 g/mol. The van der Waals surface area contributed by atoms with Crippen molar-refractivity contribution in [3.63, 3.8) is 0 Å². The summed E-state index contributed by atoms with van der Waals surface area (Å²) in [5.41, 5.74) is 1.39. The van der Waals surface area contributed by atoms with Crippen molar-refractivity contribution in [2.75, 3.05) is 19.6 Å². The van der Waals surface area contributed by atoms with Crippen LogP contribution in [0, 0.1) is 6.92 Å². The Morgan fingerprint density at radius 3 is 2.59 bits per heavy atom. The topological polar surface area (TPSA) is 84.3 Å². The maximum Gasteiger partial charge on any atom is 0.267 e. The number of nitrogens with zero attached hydrogens (tertiary/aromatic N) is 3. The van der Waals surface area contributed by atoms with Crippen LogP contribution in [0.1, 0.15) is 47.9 Å². The first-order valence-electron chi connectivity index (χ1n) is 9.15. The molecule has 2 rings (SSSR count). The van der Waals surface area contributed by atoms with Crippen LogP contribution in [0.4, 0.5) is 0 Å². The van der Waals surface area contributed by atoms with Crippen LogP contribution in [-0.2, 0) is 23.5 Å². The van der Waals surface area contributed by atoms with Crippen LogP contribution >= 0.6 is 11.3 Å². The van der Waals surface area contributed by atoms with E-state index in [4.69, 9.17) is 0 Å². The number of hydrogen-bond donors (Lipinski definition) is 1. The standard InChI is InChI=1S/C18H28N4O3S2/c1-5-22(6-2)27(24,25)15-11-16(21(4)12-15)18(23)19-10-8-7-9-17-20-14(3)13-26-17/h11-13H,5-10H2,1-4H3,(H,19,23). The van der Waals surface area contributed by atoms with E-state index in [0.717, 1.165) is 30.0 Å². The highest BCUT2D eigenvalue weighted by Gasteiger charge is 2.25. The fourth-order valence-electron chi connectivity index (χ4n) is 2.82. The molecule has 150 valence electrons. The normalized spacial score (nSPS) is 11.9. The molecule has 0 aliphatic carbocycles. The number of rotatable bonds is 10. The van der Waals surface area contributed by atoms with Crippen molar-refractivity contribution in [1.29, 1.82) is 0 Å². The van der Waals surface area contributed by atoms with Crippen LogP contribution in [0.5, 0.6) is 0 Å². The first kappa shape index (κ1) is 21.6. The minimum absolute atomic E-state index is 0.151. The van der Waals surface area contributed by atoms with E-state index in [1.807, 2.05) is 12.3 Å². The molecule has 2 aromatic rings. The number of carbonyl (C=O) groups excluding carboxylic acids is 1. The summed E-state index contributed by atoms with van der Waals surface area (Å²) in [5, 5.41) is 6.02. The number of thiazole rings is 1. The Bertz CT molecular complexity index is 867. The molecule has 0 fully saturated rings. The molecular weight excluding hydrogens is 384 g/mol. The van der Waals surface area contributed by atoms with Gasteiger partial charge in [-0.15, -0.1) is 11.3 Å². The molecule has 1 amide bonds. The molecule has 0 unspecified atom stereocenters. The second-order valence-electron chi connectivity index (χ2n) is 6.36. The van der Waals surface area contributed by atoms with Crippen LogP contribution in [0.2, 0.25) is 0 Å². The minimum Gasteiger partial charge on any atom is -0.351 e. The van der Waals surface area contributed by atoms with Crippen molar-refractivity contribution in [2.24, 2.45) is 7.05 Å². The Kier molecular flexibility index (Phi) is 7.58. The summed E-state index contributed by atoms with van der Waals surface area (Å²) < 4.78 is 28.1. The second kappa shape index (κ2) is 9.48. The van der Waals surface area contributed by atoms with Gasteiger partial charge in [0.05, 0.1) is 5.01 Å². The maximum atomic E-state index is 12.6. The molecular formula is C18H28N4O3S2. The first-order chi connectivity index (χ1) is 12.8. The quantitative estimate of drug-likeness (QED) is 0.608. The van der Waals surface area contributed by atoms with Crippen LogP contribution in [0.25, 0.3) is 0 Å². The Hall–Kier alpha value is -1.71. The first-order valence-corrected chi connectivity index (χ1v) is 11.5. The summed E-state index contributed by atoms with van der Waals surface area (Å²) in [5.74, 6) is -0.261. The van der Waals surface area contributed by atoms with Gasteiger partial charge in [0.1, 0.15) is 10.6 Å². The third-order valence-electron chi connectivity index (χ3n) is 4.33. The van der Waals surface area contributed by atoms with Gasteiger partial charge < -0.3 is 9.88 Å². The fourth-order valence-corrected chi connectivity index (χ4v) is 5.17. The van der Waals surface area contributed by atoms with E-state index in [2.05, 4.69) is 10.3 Å². The monoisotopic (exact) mass is 412 g/mol. The lowest BCUT2D eigenvalue weighted by atomic mass is 10.2. The number of sulfonamides is 1. The smallest absolute Gasteiger partial charge is 0.267 e. The van der Waals surface area contributed by atoms with Crippen molar-refractivity contribution in [1.82, 2.24) is 19.2 Å². The van der Waals surface area contributed by atoms with Crippen LogP contribution in [-0.4, -0.2) is 47.8 Å². The third kappa shape index (κ3) is 5.40. The molecule has 0 spiro atoms. The zero-order valence-electron chi connectivity index (χ0n) is 16.4. The molecule has 1 N–H and O–H groups in total. The fraction of sp³-hybridized carbons (Fsp3) is 0.556. The molecule has 9 heteroatoms. The zero-order valence-corrected chi connectivity index (χ0v) is 18.0. The van der Waals surface area contributed by atoms with Gasteiger partial charge in [-0.3, -0.25) is 4.79 Å². The molecule has 0 atom stereocenters. The lowest BCUT2D eigenvalue weighted by Gasteiger charge is -2.17. The largest absolute Gasteiger partial charge is 0.351 e. The third-order valence-corrected chi connectivity index (χ3v) is 7.37. The van der Waals surface area contributed by atoms with E-state index in [1.54, 1.807) is 36.8 Å². The SMILES string of the molecule is CCN(CC)S(=O)(=O)c1cc(C(=O)NCCCCc2nc(C)cs2)n(C)c1. The number of nitrogens with one attached hydrogen (secondary N) is 1. The molecule has 7 nitrogen and oxygen atoms in total. The van der Waals surface area contributed by atoms with Gasteiger partial charge in [0.25, 0.3) is 5.91 Å². The highest BCUT2D eigenvalue weighted by atomic mass is 32.2. The van der Waals surface area contributed by atoms with Crippen LogP contribution < -0.4 is 5.32 Å². The van der Waals surface area contributed by atoms with Crippen molar-refractivity contribution < 1.29 is 13.2 Å². The van der Waals surface area contributed by atoms with Crippen LogP contribution in [0.15, 0.2) is 22.5 Å². The Morgan fingerprint density at radius 1 is 1.30 bits per heavy atom. The van der Waals surface area contributed by atoms with Crippen molar-refractivity contribution >= 4 is 27.3 Å². The van der Waals surface area contributed by atoms with E-state index >= 15 is 0 Å². The number of aromatic nitrogens is 2. The molecule has 0 aromatic carbocycles. The van der Waals surface area contributed by atoms with Crippen molar-refractivity contribution in [2.45, 2.75) is 44.9 Å². The van der Waals surface area contributed by atoms with E-state index in [0.29, 0.717) is 25.3 Å². The number of aryl methyl sites for hydroxylation is 3. The molecule has 0 saturated carbocycles. The Balaban J connectivity index is 1.90. The lowest BCUT2D eigenvalue weighted by Crippen LogP contribution is -2.30.